The van der Waals surface area contributed by atoms with Crippen molar-refractivity contribution in [3.8, 4) is 11.1 Å². The topological polar surface area (TPSA) is 66.8 Å². The summed E-state index contributed by atoms with van der Waals surface area (Å²) in [6.45, 7) is 2.21. The quantitative estimate of drug-likeness (QED) is 0.720. The van der Waals surface area contributed by atoms with Crippen molar-refractivity contribution in [2.75, 3.05) is 13.1 Å². The summed E-state index contributed by atoms with van der Waals surface area (Å²) in [5.74, 6) is 0.325. The number of benzene rings is 1. The summed E-state index contributed by atoms with van der Waals surface area (Å²) in [5, 5.41) is 7.34. The van der Waals surface area contributed by atoms with Gasteiger partial charge in [-0.25, -0.2) is 9.37 Å². The monoisotopic (exact) mass is 393 g/mol. The first-order valence-corrected chi connectivity index (χ1v) is 10.2. The first-order chi connectivity index (χ1) is 14.1. The van der Waals surface area contributed by atoms with Crippen molar-refractivity contribution >= 4 is 5.91 Å². The summed E-state index contributed by atoms with van der Waals surface area (Å²) in [4.78, 5) is 19.3. The van der Waals surface area contributed by atoms with Gasteiger partial charge in [0.05, 0.1) is 17.9 Å². The summed E-state index contributed by atoms with van der Waals surface area (Å²) < 4.78 is 15.7. The van der Waals surface area contributed by atoms with Gasteiger partial charge in [0.1, 0.15) is 5.82 Å². The average molecular weight is 393 g/mol. The van der Waals surface area contributed by atoms with Crippen molar-refractivity contribution in [3.05, 3.63) is 60.7 Å². The van der Waals surface area contributed by atoms with E-state index in [0.29, 0.717) is 5.92 Å². The fourth-order valence-corrected chi connectivity index (χ4v) is 4.52. The third kappa shape index (κ3) is 3.45. The molecule has 7 heteroatoms. The molecule has 1 amide bonds. The lowest BCUT2D eigenvalue weighted by Crippen LogP contribution is -2.43. The Labute approximate surface area is 168 Å². The number of carbonyl (C=O) groups is 1. The maximum atomic E-state index is 13.6. The number of hydrogen-bond donors (Lipinski definition) is 1. The summed E-state index contributed by atoms with van der Waals surface area (Å²) >= 11 is 0. The van der Waals surface area contributed by atoms with E-state index in [-0.39, 0.29) is 17.1 Å². The molecule has 1 aromatic carbocycles. The van der Waals surface area contributed by atoms with Gasteiger partial charge >= 0.3 is 0 Å². The molecule has 2 fully saturated rings. The molecule has 6 nitrogen and oxygen atoms in total. The second-order valence-electron chi connectivity index (χ2n) is 8.29. The van der Waals surface area contributed by atoms with Crippen LogP contribution >= 0.6 is 0 Å². The Hall–Kier alpha value is -2.96. The molecule has 3 heterocycles. The van der Waals surface area contributed by atoms with Gasteiger partial charge in [0.2, 0.25) is 5.91 Å². The van der Waals surface area contributed by atoms with E-state index in [9.17, 15) is 9.18 Å². The van der Waals surface area contributed by atoms with Crippen LogP contribution in [-0.4, -0.2) is 43.6 Å². The Bertz CT molecular complexity index is 1000. The smallest absolute Gasteiger partial charge is 0.230 e. The van der Waals surface area contributed by atoms with Crippen molar-refractivity contribution in [1.82, 2.24) is 24.6 Å². The third-order valence-electron chi connectivity index (χ3n) is 6.35. The van der Waals surface area contributed by atoms with E-state index >= 15 is 0 Å². The standard InChI is InChI=1S/C22H24FN5O/c23-18-3-1-2-17(12-18)19-13-25-26-20(19)16-4-9-28(10-5-16)21(29)22(6-7-22)14-27-11-8-24-15-27/h1-3,8,11-13,15-16H,4-7,9-10,14H2,(H,25,26). The Balaban J connectivity index is 1.26. The first-order valence-electron chi connectivity index (χ1n) is 10.2. The van der Waals surface area contributed by atoms with E-state index in [2.05, 4.69) is 15.2 Å². The normalized spacial score (nSPS) is 18.7. The number of aromatic amines is 1. The lowest BCUT2D eigenvalue weighted by atomic mass is 9.89. The van der Waals surface area contributed by atoms with E-state index in [1.807, 2.05) is 21.7 Å². The molecule has 0 spiro atoms. The molecule has 1 aliphatic carbocycles. The molecule has 0 radical (unpaired) electrons. The summed E-state index contributed by atoms with van der Waals surface area (Å²) in [6.07, 6.45) is 10.9. The zero-order valence-corrected chi connectivity index (χ0v) is 16.2. The minimum absolute atomic E-state index is 0.242. The molecule has 1 saturated carbocycles. The van der Waals surface area contributed by atoms with Gasteiger partial charge in [0, 0.05) is 49.2 Å². The van der Waals surface area contributed by atoms with E-state index in [0.717, 1.165) is 62.1 Å². The predicted octanol–water partition coefficient (Wildman–Crippen LogP) is 3.60. The second-order valence-corrected chi connectivity index (χ2v) is 8.29. The van der Waals surface area contributed by atoms with Crippen LogP contribution in [0.4, 0.5) is 4.39 Å². The number of likely N-dealkylation sites (tertiary alicyclic amines) is 1. The third-order valence-corrected chi connectivity index (χ3v) is 6.35. The van der Waals surface area contributed by atoms with Crippen LogP contribution in [0.25, 0.3) is 11.1 Å². The number of imidazole rings is 1. The number of rotatable bonds is 5. The molecule has 0 bridgehead atoms. The number of H-pyrrole nitrogens is 1. The fraction of sp³-hybridized carbons (Fsp3) is 0.409. The molecule has 0 atom stereocenters. The van der Waals surface area contributed by atoms with Crippen LogP contribution < -0.4 is 0 Å². The van der Waals surface area contributed by atoms with Gasteiger partial charge in [-0.15, -0.1) is 0 Å². The number of carbonyl (C=O) groups excluding carboxylic acids is 1. The highest BCUT2D eigenvalue weighted by Gasteiger charge is 2.52. The van der Waals surface area contributed by atoms with Crippen molar-refractivity contribution in [3.63, 3.8) is 0 Å². The number of halogens is 1. The molecule has 1 aliphatic heterocycles. The van der Waals surface area contributed by atoms with Gasteiger partial charge in [-0.05, 0) is 43.4 Å². The number of aromatic nitrogens is 4. The van der Waals surface area contributed by atoms with Crippen LogP contribution in [0.15, 0.2) is 49.2 Å². The highest BCUT2D eigenvalue weighted by molar-refractivity contribution is 5.85. The van der Waals surface area contributed by atoms with Crippen molar-refractivity contribution < 1.29 is 9.18 Å². The Kier molecular flexibility index (Phi) is 4.45. The van der Waals surface area contributed by atoms with Gasteiger partial charge in [0.25, 0.3) is 0 Å². The summed E-state index contributed by atoms with van der Waals surface area (Å²) in [7, 11) is 0. The molecule has 2 aromatic heterocycles. The van der Waals surface area contributed by atoms with E-state index in [4.69, 9.17) is 0 Å². The van der Waals surface area contributed by atoms with E-state index in [1.165, 1.54) is 6.07 Å². The van der Waals surface area contributed by atoms with Gasteiger partial charge < -0.3 is 9.47 Å². The SMILES string of the molecule is O=C(N1CCC(c2[nH]ncc2-c2cccc(F)c2)CC1)C1(Cn2ccnc2)CC1. The maximum absolute atomic E-state index is 13.6. The average Bonchev–Trinajstić information content (AvgIpc) is 3.13. The summed E-state index contributed by atoms with van der Waals surface area (Å²) in [5.41, 5.74) is 2.59. The number of piperidine rings is 1. The van der Waals surface area contributed by atoms with Gasteiger partial charge in [0.15, 0.2) is 0 Å². The van der Waals surface area contributed by atoms with Crippen LogP contribution in [-0.2, 0) is 11.3 Å². The zero-order chi connectivity index (χ0) is 19.8. The number of nitrogens with zero attached hydrogens (tertiary/aromatic N) is 4. The highest BCUT2D eigenvalue weighted by Crippen LogP contribution is 2.49. The Morgan fingerprint density at radius 3 is 2.79 bits per heavy atom. The number of amides is 1. The van der Waals surface area contributed by atoms with Crippen molar-refractivity contribution in [2.45, 2.75) is 38.1 Å². The molecule has 2 aliphatic rings. The molecule has 150 valence electrons. The minimum Gasteiger partial charge on any atom is -0.342 e. The minimum atomic E-state index is -0.248. The van der Waals surface area contributed by atoms with Gasteiger partial charge in [-0.1, -0.05) is 12.1 Å². The van der Waals surface area contributed by atoms with Crippen molar-refractivity contribution in [2.24, 2.45) is 5.41 Å². The van der Waals surface area contributed by atoms with E-state index in [1.54, 1.807) is 30.9 Å². The highest BCUT2D eigenvalue weighted by atomic mass is 19.1. The lowest BCUT2D eigenvalue weighted by Gasteiger charge is -2.34. The molecular formula is C22H24FN5O. The first kappa shape index (κ1) is 18.1. The molecule has 1 saturated heterocycles. The number of hydrogen-bond acceptors (Lipinski definition) is 3. The maximum Gasteiger partial charge on any atom is 0.230 e. The Morgan fingerprint density at radius 2 is 2.10 bits per heavy atom. The van der Waals surface area contributed by atoms with Gasteiger partial charge in [-0.2, -0.15) is 5.10 Å². The fourth-order valence-electron chi connectivity index (χ4n) is 4.52. The van der Waals surface area contributed by atoms with Crippen LogP contribution in [0.1, 0.15) is 37.3 Å². The summed E-state index contributed by atoms with van der Waals surface area (Å²) in [6, 6.07) is 6.62. The zero-order valence-electron chi connectivity index (χ0n) is 16.2. The van der Waals surface area contributed by atoms with Crippen LogP contribution in [0.2, 0.25) is 0 Å². The number of nitrogens with one attached hydrogen (secondary N) is 1. The second kappa shape index (κ2) is 7.13. The van der Waals surface area contributed by atoms with Crippen LogP contribution in [0.5, 0.6) is 0 Å². The lowest BCUT2D eigenvalue weighted by molar-refractivity contribution is -0.138. The van der Waals surface area contributed by atoms with E-state index < -0.39 is 0 Å². The largest absolute Gasteiger partial charge is 0.342 e. The molecule has 5 rings (SSSR count). The molecule has 3 aromatic rings. The molecule has 29 heavy (non-hydrogen) atoms. The molecular weight excluding hydrogens is 369 g/mol. The molecule has 0 unspecified atom stereocenters. The Morgan fingerprint density at radius 1 is 1.28 bits per heavy atom. The van der Waals surface area contributed by atoms with Gasteiger partial charge in [-0.3, -0.25) is 9.89 Å². The van der Waals surface area contributed by atoms with Crippen LogP contribution in [0.3, 0.4) is 0 Å². The predicted molar refractivity (Wildman–Crippen MR) is 106 cm³/mol. The van der Waals surface area contributed by atoms with Crippen molar-refractivity contribution in [1.29, 1.82) is 0 Å². The molecule has 1 N–H and O–H groups in total. The van der Waals surface area contributed by atoms with Crippen LogP contribution in [0, 0.1) is 11.2 Å².